The van der Waals surface area contributed by atoms with Crippen molar-refractivity contribution in [1.29, 1.82) is 0 Å². The zero-order valence-electron chi connectivity index (χ0n) is 18.5. The topological polar surface area (TPSA) is 162 Å². The van der Waals surface area contributed by atoms with Crippen LogP contribution in [0.1, 0.15) is 28.0 Å². The number of hydrogen-bond acceptors (Lipinski definition) is 9. The van der Waals surface area contributed by atoms with Crippen LogP contribution in [-0.4, -0.2) is 64.0 Å². The predicted octanol–water partition coefficient (Wildman–Crippen LogP) is 1.57. The maximum atomic E-state index is 14.7. The van der Waals surface area contributed by atoms with Crippen molar-refractivity contribution < 1.29 is 31.3 Å². The monoisotopic (exact) mass is 586 g/mol. The minimum absolute atomic E-state index is 0.00264. The number of carbonyl (C=O) groups is 1. The molecule has 192 valence electrons. The number of aliphatic hydroxyl groups is 1. The molecule has 1 aromatic carbocycles. The smallest absolute Gasteiger partial charge is 0.333 e. The summed E-state index contributed by atoms with van der Waals surface area (Å²) in [6.07, 6.45) is 0.719. The molecule has 4 rings (SSSR count). The van der Waals surface area contributed by atoms with Crippen molar-refractivity contribution in [1.82, 2.24) is 19.7 Å². The SMILES string of the molecule is NS(=O)(=O)OC[C@H]1C[C@@H](Nc2ncncc2C(=O)c2ccn(Cc3ccc(F)c(Br)c3)n2)[C@@H](F)[C@@H]1O. The molecule has 1 aliphatic rings. The van der Waals surface area contributed by atoms with Gasteiger partial charge in [-0.25, -0.2) is 23.9 Å². The highest BCUT2D eigenvalue weighted by molar-refractivity contribution is 9.10. The zero-order valence-corrected chi connectivity index (χ0v) is 20.9. The Hall–Kier alpha value is -2.85. The number of aliphatic hydroxyl groups excluding tert-OH is 1. The summed E-state index contributed by atoms with van der Waals surface area (Å²) in [4.78, 5) is 21.0. The van der Waals surface area contributed by atoms with Crippen LogP contribution in [0.2, 0.25) is 0 Å². The van der Waals surface area contributed by atoms with Crippen molar-refractivity contribution in [3.05, 3.63) is 70.1 Å². The number of anilines is 1. The van der Waals surface area contributed by atoms with Gasteiger partial charge >= 0.3 is 10.3 Å². The molecule has 0 amide bonds. The largest absolute Gasteiger partial charge is 0.390 e. The number of benzene rings is 1. The molecule has 11 nitrogen and oxygen atoms in total. The first-order valence-electron chi connectivity index (χ1n) is 10.6. The van der Waals surface area contributed by atoms with Gasteiger partial charge in [0, 0.05) is 18.3 Å². The Morgan fingerprint density at radius 2 is 2.14 bits per heavy atom. The molecular formula is C21H21BrF2N6O5S. The van der Waals surface area contributed by atoms with E-state index in [1.807, 2.05) is 0 Å². The van der Waals surface area contributed by atoms with E-state index in [1.54, 1.807) is 18.3 Å². The zero-order chi connectivity index (χ0) is 26.0. The number of nitrogens with one attached hydrogen (secondary N) is 1. The summed E-state index contributed by atoms with van der Waals surface area (Å²) in [5.74, 6) is -1.74. The highest BCUT2D eigenvalue weighted by Gasteiger charge is 2.44. The average molecular weight is 587 g/mol. The molecule has 0 aliphatic heterocycles. The van der Waals surface area contributed by atoms with Crippen LogP contribution < -0.4 is 10.5 Å². The highest BCUT2D eigenvalue weighted by atomic mass is 79.9. The second-order valence-corrected chi connectivity index (χ2v) is 10.3. The minimum Gasteiger partial charge on any atom is -0.390 e. The van der Waals surface area contributed by atoms with Gasteiger partial charge in [0.25, 0.3) is 0 Å². The van der Waals surface area contributed by atoms with Crippen molar-refractivity contribution in [3.63, 3.8) is 0 Å². The van der Waals surface area contributed by atoms with Gasteiger partial charge in [-0.2, -0.15) is 13.5 Å². The Kier molecular flexibility index (Phi) is 7.75. The van der Waals surface area contributed by atoms with Crippen molar-refractivity contribution in [2.24, 2.45) is 11.1 Å². The summed E-state index contributed by atoms with van der Waals surface area (Å²) in [5.41, 5.74) is 0.862. The quantitative estimate of drug-likeness (QED) is 0.316. The third-order valence-electron chi connectivity index (χ3n) is 5.68. The molecule has 0 saturated heterocycles. The van der Waals surface area contributed by atoms with Crippen molar-refractivity contribution >= 4 is 37.8 Å². The lowest BCUT2D eigenvalue weighted by molar-refractivity contribution is 0.0501. The van der Waals surface area contributed by atoms with E-state index in [-0.39, 0.29) is 30.0 Å². The van der Waals surface area contributed by atoms with Crippen molar-refractivity contribution in [2.75, 3.05) is 11.9 Å². The number of carbonyl (C=O) groups excluding carboxylic acids is 1. The maximum absolute atomic E-state index is 14.7. The number of alkyl halides is 1. The van der Waals surface area contributed by atoms with Gasteiger partial charge in [0.1, 0.15) is 29.8 Å². The number of halogens is 3. The van der Waals surface area contributed by atoms with E-state index < -0.39 is 52.7 Å². The number of hydrogen-bond donors (Lipinski definition) is 3. The molecule has 2 aromatic heterocycles. The van der Waals surface area contributed by atoms with Gasteiger partial charge in [0.05, 0.1) is 35.3 Å². The van der Waals surface area contributed by atoms with E-state index in [9.17, 15) is 27.1 Å². The molecule has 0 radical (unpaired) electrons. The standard InChI is InChI=1S/C21H21BrF2N6O5S/c22-14-5-11(1-2-15(14)23)8-30-4-3-16(29-30)20(32)13-7-26-10-27-21(13)28-17-6-12(19(31)18(17)24)9-35-36(25,33)34/h1-5,7,10,12,17-19,31H,6,8-9H2,(H2,25,33,34)(H,26,27,28)/t12-,17-,18-,19-/m1/s1. The second-order valence-electron chi connectivity index (χ2n) is 8.22. The van der Waals surface area contributed by atoms with Crippen LogP contribution in [0.25, 0.3) is 0 Å². The van der Waals surface area contributed by atoms with E-state index in [0.29, 0.717) is 4.47 Å². The molecule has 3 aromatic rings. The van der Waals surface area contributed by atoms with E-state index in [2.05, 4.69) is 40.5 Å². The van der Waals surface area contributed by atoms with E-state index >= 15 is 0 Å². The highest BCUT2D eigenvalue weighted by Crippen LogP contribution is 2.32. The number of rotatable bonds is 9. The molecule has 0 bridgehead atoms. The lowest BCUT2D eigenvalue weighted by Crippen LogP contribution is -2.33. The lowest BCUT2D eigenvalue weighted by Gasteiger charge is -2.18. The Balaban J connectivity index is 1.47. The summed E-state index contributed by atoms with van der Waals surface area (Å²) < 4.78 is 56.5. The van der Waals surface area contributed by atoms with Gasteiger partial charge in [-0.15, -0.1) is 0 Å². The fourth-order valence-electron chi connectivity index (χ4n) is 3.90. The van der Waals surface area contributed by atoms with Crippen LogP contribution in [0.3, 0.4) is 0 Å². The first kappa shape index (κ1) is 26.2. The molecule has 1 aliphatic carbocycles. The molecule has 4 N–H and O–H groups in total. The molecule has 15 heteroatoms. The third-order valence-corrected chi connectivity index (χ3v) is 6.75. The van der Waals surface area contributed by atoms with E-state index in [4.69, 9.17) is 5.14 Å². The molecule has 4 atom stereocenters. The Labute approximate surface area is 213 Å². The Morgan fingerprint density at radius 1 is 1.36 bits per heavy atom. The maximum Gasteiger partial charge on any atom is 0.333 e. The van der Waals surface area contributed by atoms with Crippen molar-refractivity contribution in [2.45, 2.75) is 31.3 Å². The van der Waals surface area contributed by atoms with E-state index in [0.717, 1.165) is 5.56 Å². The van der Waals surface area contributed by atoms with Crippen LogP contribution >= 0.6 is 15.9 Å². The molecule has 1 fully saturated rings. The van der Waals surface area contributed by atoms with Crippen LogP contribution in [0.4, 0.5) is 14.6 Å². The van der Waals surface area contributed by atoms with Crippen LogP contribution in [-0.2, 0) is 21.0 Å². The minimum atomic E-state index is -4.25. The van der Waals surface area contributed by atoms with Crippen molar-refractivity contribution in [3.8, 4) is 0 Å². The molecular weight excluding hydrogens is 566 g/mol. The van der Waals surface area contributed by atoms with E-state index in [1.165, 1.54) is 29.3 Å². The third kappa shape index (κ3) is 6.10. The van der Waals surface area contributed by atoms with Gasteiger partial charge in [0.2, 0.25) is 5.78 Å². The average Bonchev–Trinajstić information content (AvgIpc) is 3.40. The summed E-state index contributed by atoms with van der Waals surface area (Å²) in [6.45, 7) is -0.204. The predicted molar refractivity (Wildman–Crippen MR) is 126 cm³/mol. The lowest BCUT2D eigenvalue weighted by atomic mass is 10.1. The van der Waals surface area contributed by atoms with Crippen LogP contribution in [0.5, 0.6) is 0 Å². The fourth-order valence-corrected chi connectivity index (χ4v) is 4.69. The van der Waals surface area contributed by atoms with Crippen LogP contribution in [0, 0.1) is 11.7 Å². The molecule has 0 unspecified atom stereocenters. The Morgan fingerprint density at radius 3 is 2.86 bits per heavy atom. The molecule has 36 heavy (non-hydrogen) atoms. The van der Waals surface area contributed by atoms with Crippen LogP contribution in [0.15, 0.2) is 47.5 Å². The van der Waals surface area contributed by atoms with Gasteiger partial charge in [-0.05, 0) is 46.1 Å². The van der Waals surface area contributed by atoms with Gasteiger partial charge in [0.15, 0.2) is 0 Å². The summed E-state index contributed by atoms with van der Waals surface area (Å²) >= 11 is 3.13. The summed E-state index contributed by atoms with van der Waals surface area (Å²) in [7, 11) is -4.25. The first-order valence-corrected chi connectivity index (χ1v) is 12.9. The molecule has 1 saturated carbocycles. The molecule has 0 spiro atoms. The number of nitrogens with zero attached hydrogens (tertiary/aromatic N) is 4. The second kappa shape index (κ2) is 10.6. The summed E-state index contributed by atoms with van der Waals surface area (Å²) in [6, 6.07) is 5.04. The number of ketones is 1. The number of nitrogens with two attached hydrogens (primary N) is 1. The van der Waals surface area contributed by atoms with Gasteiger partial charge < -0.3 is 10.4 Å². The molecule has 2 heterocycles. The Bertz CT molecular complexity index is 1370. The van der Waals surface area contributed by atoms with Gasteiger partial charge in [-0.3, -0.25) is 13.7 Å². The summed E-state index contributed by atoms with van der Waals surface area (Å²) in [5, 5.41) is 22.0. The number of aromatic nitrogens is 4. The fraction of sp³-hybridized carbons (Fsp3) is 0.333. The normalized spacial score (nSPS) is 22.0. The first-order chi connectivity index (χ1) is 17.0. The van der Waals surface area contributed by atoms with Gasteiger partial charge in [-0.1, -0.05) is 6.07 Å².